The molecule has 0 fully saturated rings. The van der Waals surface area contributed by atoms with Crippen LogP contribution < -0.4 is 15.6 Å². The van der Waals surface area contributed by atoms with E-state index in [0.29, 0.717) is 30.3 Å². The number of nitrogens with zero attached hydrogens (tertiary/aromatic N) is 2. The van der Waals surface area contributed by atoms with Crippen molar-refractivity contribution in [2.75, 3.05) is 6.61 Å². The SMILES string of the molecule is O=C(N[C@H]1CCOc2ccccc21)c1nn(Cc2ccccc2)c(=O)c2ccccc12. The normalized spacial score (nSPS) is 15.2. The molecule has 0 bridgehead atoms. The van der Waals surface area contributed by atoms with Crippen molar-refractivity contribution in [1.29, 1.82) is 0 Å². The first-order chi connectivity index (χ1) is 15.2. The van der Waals surface area contributed by atoms with Crippen LogP contribution in [0.25, 0.3) is 10.8 Å². The number of rotatable bonds is 4. The van der Waals surface area contributed by atoms with Crippen molar-refractivity contribution < 1.29 is 9.53 Å². The molecule has 154 valence electrons. The van der Waals surface area contributed by atoms with E-state index < -0.39 is 0 Å². The van der Waals surface area contributed by atoms with Gasteiger partial charge in [0.2, 0.25) is 0 Å². The van der Waals surface area contributed by atoms with Gasteiger partial charge in [-0.15, -0.1) is 0 Å². The highest BCUT2D eigenvalue weighted by atomic mass is 16.5. The topological polar surface area (TPSA) is 73.2 Å². The number of ether oxygens (including phenoxy) is 1. The third-order valence-electron chi connectivity index (χ3n) is 5.52. The third-order valence-corrected chi connectivity index (χ3v) is 5.52. The zero-order chi connectivity index (χ0) is 21.2. The predicted molar refractivity (Wildman–Crippen MR) is 118 cm³/mol. The molecule has 1 amide bonds. The smallest absolute Gasteiger partial charge is 0.274 e. The third kappa shape index (κ3) is 3.68. The van der Waals surface area contributed by atoms with Crippen LogP contribution in [0.4, 0.5) is 0 Å². The monoisotopic (exact) mass is 411 g/mol. The van der Waals surface area contributed by atoms with Gasteiger partial charge in [0.25, 0.3) is 11.5 Å². The number of hydrogen-bond donors (Lipinski definition) is 1. The lowest BCUT2D eigenvalue weighted by Gasteiger charge is -2.26. The Hall–Kier alpha value is -3.93. The lowest BCUT2D eigenvalue weighted by Crippen LogP contribution is -2.35. The van der Waals surface area contributed by atoms with Crippen LogP contribution in [0.15, 0.2) is 83.7 Å². The van der Waals surface area contributed by atoms with E-state index in [1.807, 2.05) is 60.7 Å². The molecular weight excluding hydrogens is 390 g/mol. The molecule has 1 aliphatic rings. The average Bonchev–Trinajstić information content (AvgIpc) is 2.82. The van der Waals surface area contributed by atoms with Gasteiger partial charge < -0.3 is 10.1 Å². The van der Waals surface area contributed by atoms with Crippen molar-refractivity contribution in [3.8, 4) is 5.75 Å². The summed E-state index contributed by atoms with van der Waals surface area (Å²) in [6, 6.07) is 24.3. The fourth-order valence-corrected chi connectivity index (χ4v) is 3.98. The number of nitrogens with one attached hydrogen (secondary N) is 1. The molecule has 1 atom stereocenters. The van der Waals surface area contributed by atoms with E-state index in [1.54, 1.807) is 18.2 Å². The molecule has 6 nitrogen and oxygen atoms in total. The first-order valence-corrected chi connectivity index (χ1v) is 10.3. The van der Waals surface area contributed by atoms with Gasteiger partial charge in [0, 0.05) is 17.4 Å². The number of amides is 1. The average molecular weight is 411 g/mol. The molecule has 0 spiro atoms. The van der Waals surface area contributed by atoms with Gasteiger partial charge in [-0.05, 0) is 17.7 Å². The van der Waals surface area contributed by atoms with E-state index in [-0.39, 0.29) is 23.2 Å². The second-order valence-electron chi connectivity index (χ2n) is 7.54. The lowest BCUT2D eigenvalue weighted by atomic mass is 10.00. The second kappa shape index (κ2) is 8.07. The summed E-state index contributed by atoms with van der Waals surface area (Å²) in [5, 5.41) is 8.60. The van der Waals surface area contributed by atoms with E-state index in [9.17, 15) is 9.59 Å². The minimum atomic E-state index is -0.306. The minimum absolute atomic E-state index is 0.174. The molecule has 4 aromatic rings. The Bertz CT molecular complexity index is 1310. The summed E-state index contributed by atoms with van der Waals surface area (Å²) in [6.07, 6.45) is 0.671. The fraction of sp³-hybridized carbons (Fsp3) is 0.160. The van der Waals surface area contributed by atoms with Crippen LogP contribution in [0.3, 0.4) is 0 Å². The molecule has 6 heteroatoms. The van der Waals surface area contributed by atoms with Crippen LogP contribution in [0.2, 0.25) is 0 Å². The van der Waals surface area contributed by atoms with Gasteiger partial charge in [-0.2, -0.15) is 5.10 Å². The first-order valence-electron chi connectivity index (χ1n) is 10.3. The molecule has 0 unspecified atom stereocenters. The summed E-state index contributed by atoms with van der Waals surface area (Å²) in [5.74, 6) is 0.477. The number of carbonyl (C=O) groups excluding carboxylic acids is 1. The molecule has 0 aliphatic carbocycles. The second-order valence-corrected chi connectivity index (χ2v) is 7.54. The van der Waals surface area contributed by atoms with Gasteiger partial charge >= 0.3 is 0 Å². The molecule has 2 heterocycles. The summed E-state index contributed by atoms with van der Waals surface area (Å²) < 4.78 is 7.07. The molecule has 31 heavy (non-hydrogen) atoms. The van der Waals surface area contributed by atoms with Crippen molar-refractivity contribution in [3.63, 3.8) is 0 Å². The summed E-state index contributed by atoms with van der Waals surface area (Å²) in [7, 11) is 0. The summed E-state index contributed by atoms with van der Waals surface area (Å²) >= 11 is 0. The zero-order valence-corrected chi connectivity index (χ0v) is 16.8. The summed E-state index contributed by atoms with van der Waals surface area (Å²) in [4.78, 5) is 26.3. The molecule has 0 saturated heterocycles. The van der Waals surface area contributed by atoms with Gasteiger partial charge in [0.1, 0.15) is 5.75 Å². The largest absolute Gasteiger partial charge is 0.493 e. The van der Waals surface area contributed by atoms with Crippen LogP contribution in [0.1, 0.15) is 34.1 Å². The van der Waals surface area contributed by atoms with Gasteiger partial charge in [-0.25, -0.2) is 4.68 Å². The molecule has 5 rings (SSSR count). The van der Waals surface area contributed by atoms with Crippen molar-refractivity contribution in [2.24, 2.45) is 0 Å². The maximum Gasteiger partial charge on any atom is 0.274 e. The number of benzene rings is 3. The summed E-state index contributed by atoms with van der Waals surface area (Å²) in [6.45, 7) is 0.828. The molecule has 3 aromatic carbocycles. The number of hydrogen-bond acceptors (Lipinski definition) is 4. The van der Waals surface area contributed by atoms with E-state index in [2.05, 4.69) is 10.4 Å². The van der Waals surface area contributed by atoms with E-state index >= 15 is 0 Å². The molecular formula is C25H21N3O3. The van der Waals surface area contributed by atoms with E-state index in [4.69, 9.17) is 4.74 Å². The standard InChI is InChI=1S/C25H21N3O3/c29-24(26-21-14-15-31-22-13-7-6-12-20(21)22)23-18-10-4-5-11-19(18)25(30)28(27-23)16-17-8-2-1-3-9-17/h1-13,21H,14-16H2,(H,26,29)/t21-/m0/s1. The Balaban J connectivity index is 1.54. The van der Waals surface area contributed by atoms with Gasteiger partial charge in [-0.3, -0.25) is 9.59 Å². The maximum absolute atomic E-state index is 13.3. The van der Waals surface area contributed by atoms with Gasteiger partial charge in [0.05, 0.1) is 24.6 Å². The number of carbonyl (C=O) groups is 1. The van der Waals surface area contributed by atoms with E-state index in [0.717, 1.165) is 16.9 Å². The maximum atomic E-state index is 13.3. The predicted octanol–water partition coefficient (Wildman–Crippen LogP) is 3.70. The quantitative estimate of drug-likeness (QED) is 0.556. The van der Waals surface area contributed by atoms with Crippen LogP contribution in [0.5, 0.6) is 5.75 Å². The van der Waals surface area contributed by atoms with Crippen molar-refractivity contribution in [1.82, 2.24) is 15.1 Å². The molecule has 0 saturated carbocycles. The van der Waals surface area contributed by atoms with Crippen molar-refractivity contribution in [2.45, 2.75) is 19.0 Å². The Labute approximate surface area is 179 Å². The zero-order valence-electron chi connectivity index (χ0n) is 16.8. The van der Waals surface area contributed by atoms with E-state index in [1.165, 1.54) is 4.68 Å². The number of aromatic nitrogens is 2. The first kappa shape index (κ1) is 19.1. The Kier molecular flexibility index (Phi) is 4.96. The Morgan fingerprint density at radius 3 is 2.52 bits per heavy atom. The number of fused-ring (bicyclic) bond motifs is 2. The highest BCUT2D eigenvalue weighted by Crippen LogP contribution is 2.31. The van der Waals surface area contributed by atoms with Crippen molar-refractivity contribution in [3.05, 3.63) is 106 Å². The van der Waals surface area contributed by atoms with Gasteiger partial charge in [0.15, 0.2) is 5.69 Å². The molecule has 1 aromatic heterocycles. The van der Waals surface area contributed by atoms with Crippen molar-refractivity contribution >= 4 is 16.7 Å². The Morgan fingerprint density at radius 2 is 1.68 bits per heavy atom. The highest BCUT2D eigenvalue weighted by molar-refractivity contribution is 6.04. The van der Waals surface area contributed by atoms with Crippen LogP contribution >= 0.6 is 0 Å². The molecule has 1 N–H and O–H groups in total. The highest BCUT2D eigenvalue weighted by Gasteiger charge is 2.25. The van der Waals surface area contributed by atoms with Gasteiger partial charge in [-0.1, -0.05) is 66.7 Å². The van der Waals surface area contributed by atoms with Crippen LogP contribution in [-0.4, -0.2) is 22.3 Å². The fourth-order valence-electron chi connectivity index (χ4n) is 3.98. The molecule has 0 radical (unpaired) electrons. The Morgan fingerprint density at radius 1 is 0.968 bits per heavy atom. The van der Waals surface area contributed by atoms with Crippen LogP contribution in [-0.2, 0) is 6.54 Å². The number of para-hydroxylation sites is 1. The summed E-state index contributed by atoms with van der Waals surface area (Å²) in [5.41, 5.74) is 1.92. The lowest BCUT2D eigenvalue weighted by molar-refractivity contribution is 0.0919. The van der Waals surface area contributed by atoms with Crippen LogP contribution in [0, 0.1) is 0 Å². The molecule has 1 aliphatic heterocycles. The minimum Gasteiger partial charge on any atom is -0.493 e.